The average Bonchev–Trinajstić information content (AvgIpc) is 2.49. The lowest BCUT2D eigenvalue weighted by atomic mass is 9.81. The monoisotopic (exact) mass is 172 g/mol. The standard InChI is InChI=1S/C9H20N2O/c1-9(5-3-4-6-9)8(11-10)7-12-2/h8,11H,3-7,10H2,1-2H3. The van der Waals surface area contributed by atoms with Crippen molar-refractivity contribution in [2.24, 2.45) is 11.3 Å². The number of hydrazine groups is 1. The van der Waals surface area contributed by atoms with E-state index in [1.807, 2.05) is 0 Å². The predicted octanol–water partition coefficient (Wildman–Crippen LogP) is 1.04. The number of methoxy groups -OCH3 is 1. The van der Waals surface area contributed by atoms with Crippen LogP contribution in [0.4, 0.5) is 0 Å². The van der Waals surface area contributed by atoms with E-state index in [4.69, 9.17) is 10.6 Å². The molecule has 0 bridgehead atoms. The highest BCUT2D eigenvalue weighted by molar-refractivity contribution is 4.90. The molecular formula is C9H20N2O. The minimum atomic E-state index is 0.310. The smallest absolute Gasteiger partial charge is 0.0634 e. The molecule has 3 N–H and O–H groups in total. The van der Waals surface area contributed by atoms with Crippen LogP contribution >= 0.6 is 0 Å². The summed E-state index contributed by atoms with van der Waals surface area (Å²) in [6, 6.07) is 0.310. The molecule has 0 aliphatic heterocycles. The van der Waals surface area contributed by atoms with Crippen molar-refractivity contribution in [3.63, 3.8) is 0 Å². The maximum Gasteiger partial charge on any atom is 0.0634 e. The highest BCUT2D eigenvalue weighted by atomic mass is 16.5. The normalized spacial score (nSPS) is 24.2. The van der Waals surface area contributed by atoms with Gasteiger partial charge in [0.15, 0.2) is 0 Å². The largest absolute Gasteiger partial charge is 0.383 e. The number of nitrogens with two attached hydrogens (primary N) is 1. The van der Waals surface area contributed by atoms with Crippen LogP contribution in [0.1, 0.15) is 32.6 Å². The van der Waals surface area contributed by atoms with Crippen molar-refractivity contribution in [2.45, 2.75) is 38.6 Å². The summed E-state index contributed by atoms with van der Waals surface area (Å²) in [7, 11) is 1.72. The van der Waals surface area contributed by atoms with Gasteiger partial charge in [-0.15, -0.1) is 0 Å². The molecule has 0 aromatic heterocycles. The fraction of sp³-hybridized carbons (Fsp3) is 1.00. The molecule has 3 nitrogen and oxygen atoms in total. The van der Waals surface area contributed by atoms with Crippen LogP contribution in [0, 0.1) is 5.41 Å². The lowest BCUT2D eigenvalue weighted by Crippen LogP contribution is -2.48. The van der Waals surface area contributed by atoms with E-state index in [0.29, 0.717) is 18.1 Å². The summed E-state index contributed by atoms with van der Waals surface area (Å²) in [5.74, 6) is 5.49. The first-order valence-electron chi connectivity index (χ1n) is 4.68. The molecule has 72 valence electrons. The van der Waals surface area contributed by atoms with E-state index in [9.17, 15) is 0 Å². The van der Waals surface area contributed by atoms with Crippen molar-refractivity contribution in [3.8, 4) is 0 Å². The summed E-state index contributed by atoms with van der Waals surface area (Å²) in [5, 5.41) is 0. The Morgan fingerprint density at radius 3 is 2.50 bits per heavy atom. The van der Waals surface area contributed by atoms with E-state index in [1.165, 1.54) is 25.7 Å². The van der Waals surface area contributed by atoms with Gasteiger partial charge in [-0.2, -0.15) is 0 Å². The summed E-state index contributed by atoms with van der Waals surface area (Å²) in [5.41, 5.74) is 3.21. The summed E-state index contributed by atoms with van der Waals surface area (Å²) in [6.45, 7) is 3.01. The van der Waals surface area contributed by atoms with Gasteiger partial charge in [-0.3, -0.25) is 11.3 Å². The highest BCUT2D eigenvalue weighted by Gasteiger charge is 2.36. The number of hydrogen-bond acceptors (Lipinski definition) is 3. The molecule has 0 aromatic carbocycles. The van der Waals surface area contributed by atoms with Crippen molar-refractivity contribution in [3.05, 3.63) is 0 Å². The molecule has 0 saturated heterocycles. The zero-order chi connectivity index (χ0) is 9.03. The molecule has 1 aliphatic carbocycles. The van der Waals surface area contributed by atoms with Crippen molar-refractivity contribution >= 4 is 0 Å². The van der Waals surface area contributed by atoms with Crippen molar-refractivity contribution in [1.82, 2.24) is 5.43 Å². The Kier molecular flexibility index (Phi) is 3.50. The van der Waals surface area contributed by atoms with Gasteiger partial charge in [-0.05, 0) is 18.3 Å². The first-order valence-corrected chi connectivity index (χ1v) is 4.68. The van der Waals surface area contributed by atoms with Crippen LogP contribution in [0.2, 0.25) is 0 Å². The van der Waals surface area contributed by atoms with Gasteiger partial charge in [0, 0.05) is 13.2 Å². The number of hydrogen-bond donors (Lipinski definition) is 2. The Morgan fingerprint density at radius 1 is 1.50 bits per heavy atom. The Labute approximate surface area is 74.6 Å². The van der Waals surface area contributed by atoms with Crippen molar-refractivity contribution < 1.29 is 4.74 Å². The molecule has 1 saturated carbocycles. The van der Waals surface area contributed by atoms with Crippen LogP contribution in [0.5, 0.6) is 0 Å². The summed E-state index contributed by atoms with van der Waals surface area (Å²) in [4.78, 5) is 0. The topological polar surface area (TPSA) is 47.3 Å². The Morgan fingerprint density at radius 2 is 2.08 bits per heavy atom. The highest BCUT2D eigenvalue weighted by Crippen LogP contribution is 2.40. The molecule has 0 radical (unpaired) electrons. The quantitative estimate of drug-likeness (QED) is 0.492. The Balaban J connectivity index is 2.50. The minimum absolute atomic E-state index is 0.310. The third kappa shape index (κ3) is 1.97. The third-order valence-corrected chi connectivity index (χ3v) is 3.12. The summed E-state index contributed by atoms with van der Waals surface area (Å²) >= 11 is 0. The van der Waals surface area contributed by atoms with Gasteiger partial charge < -0.3 is 4.74 Å². The van der Waals surface area contributed by atoms with Gasteiger partial charge in [0.2, 0.25) is 0 Å². The van der Waals surface area contributed by atoms with Crippen LogP contribution in [-0.4, -0.2) is 19.8 Å². The summed E-state index contributed by atoms with van der Waals surface area (Å²) < 4.78 is 5.13. The van der Waals surface area contributed by atoms with Crippen LogP contribution in [0.3, 0.4) is 0 Å². The molecule has 1 aliphatic rings. The molecule has 0 amide bonds. The molecule has 1 rings (SSSR count). The molecule has 1 unspecified atom stereocenters. The first kappa shape index (κ1) is 9.96. The van der Waals surface area contributed by atoms with Gasteiger partial charge >= 0.3 is 0 Å². The number of ether oxygens (including phenoxy) is 1. The summed E-state index contributed by atoms with van der Waals surface area (Å²) in [6.07, 6.45) is 5.20. The van der Waals surface area contributed by atoms with Crippen LogP contribution < -0.4 is 11.3 Å². The lowest BCUT2D eigenvalue weighted by Gasteiger charge is -2.32. The second-order valence-electron chi connectivity index (χ2n) is 4.04. The van der Waals surface area contributed by atoms with Gasteiger partial charge in [-0.25, -0.2) is 0 Å². The van der Waals surface area contributed by atoms with Gasteiger partial charge in [0.25, 0.3) is 0 Å². The van der Waals surface area contributed by atoms with Gasteiger partial charge in [-0.1, -0.05) is 19.8 Å². The molecule has 0 aromatic rings. The zero-order valence-electron chi connectivity index (χ0n) is 8.10. The maximum atomic E-state index is 5.49. The van der Waals surface area contributed by atoms with Crippen LogP contribution in [0.15, 0.2) is 0 Å². The van der Waals surface area contributed by atoms with Crippen LogP contribution in [0.25, 0.3) is 0 Å². The second kappa shape index (κ2) is 4.21. The SMILES string of the molecule is COCC(NN)C1(C)CCCC1. The van der Waals surface area contributed by atoms with Crippen LogP contribution in [-0.2, 0) is 4.74 Å². The Hall–Kier alpha value is -0.120. The second-order valence-corrected chi connectivity index (χ2v) is 4.04. The molecule has 1 atom stereocenters. The van der Waals surface area contributed by atoms with Gasteiger partial charge in [0.05, 0.1) is 6.61 Å². The number of rotatable bonds is 4. The van der Waals surface area contributed by atoms with E-state index < -0.39 is 0 Å². The zero-order valence-corrected chi connectivity index (χ0v) is 8.10. The van der Waals surface area contributed by atoms with E-state index in [1.54, 1.807) is 7.11 Å². The maximum absolute atomic E-state index is 5.49. The van der Waals surface area contributed by atoms with E-state index >= 15 is 0 Å². The molecule has 1 fully saturated rings. The minimum Gasteiger partial charge on any atom is -0.383 e. The van der Waals surface area contributed by atoms with Crippen molar-refractivity contribution in [2.75, 3.05) is 13.7 Å². The third-order valence-electron chi connectivity index (χ3n) is 3.12. The molecule has 12 heavy (non-hydrogen) atoms. The average molecular weight is 172 g/mol. The fourth-order valence-electron chi connectivity index (χ4n) is 2.15. The lowest BCUT2D eigenvalue weighted by molar-refractivity contribution is 0.0991. The molecule has 0 heterocycles. The molecular weight excluding hydrogens is 152 g/mol. The predicted molar refractivity (Wildman–Crippen MR) is 49.6 cm³/mol. The Bertz CT molecular complexity index is 132. The van der Waals surface area contributed by atoms with Gasteiger partial charge in [0.1, 0.15) is 0 Å². The molecule has 0 spiro atoms. The van der Waals surface area contributed by atoms with E-state index in [2.05, 4.69) is 12.3 Å². The van der Waals surface area contributed by atoms with Crippen molar-refractivity contribution in [1.29, 1.82) is 0 Å². The fourth-order valence-corrected chi connectivity index (χ4v) is 2.15. The molecule has 3 heteroatoms. The first-order chi connectivity index (χ1) is 5.73. The number of nitrogens with one attached hydrogen (secondary N) is 1. The van der Waals surface area contributed by atoms with E-state index in [0.717, 1.165) is 0 Å². The van der Waals surface area contributed by atoms with E-state index in [-0.39, 0.29) is 0 Å².